The molecule has 6 nitrogen and oxygen atoms in total. The quantitative estimate of drug-likeness (QED) is 0.845. The Morgan fingerprint density at radius 3 is 2.42 bits per heavy atom. The molecule has 0 aliphatic carbocycles. The lowest BCUT2D eigenvalue weighted by molar-refractivity contribution is -0.124. The number of hydrogen-bond acceptors (Lipinski definition) is 5. The van der Waals surface area contributed by atoms with Gasteiger partial charge >= 0.3 is 0 Å². The number of anilines is 2. The van der Waals surface area contributed by atoms with Gasteiger partial charge in [0.2, 0.25) is 5.91 Å². The van der Waals surface area contributed by atoms with E-state index in [4.69, 9.17) is 10.5 Å². The van der Waals surface area contributed by atoms with Crippen LogP contribution in [0.15, 0.2) is 18.3 Å². The van der Waals surface area contributed by atoms with Crippen molar-refractivity contribution in [3.05, 3.63) is 18.3 Å². The van der Waals surface area contributed by atoms with Crippen molar-refractivity contribution in [2.24, 2.45) is 5.73 Å². The van der Waals surface area contributed by atoms with Gasteiger partial charge in [-0.15, -0.1) is 24.8 Å². The molecular weight excluding hydrogens is 351 g/mol. The van der Waals surface area contributed by atoms with Crippen molar-refractivity contribution in [2.45, 2.75) is 37.6 Å². The van der Waals surface area contributed by atoms with E-state index in [1.165, 1.54) is 19.3 Å². The van der Waals surface area contributed by atoms with Crippen LogP contribution in [-0.4, -0.2) is 42.7 Å². The number of rotatable bonds is 3. The smallest absolute Gasteiger partial charge is 0.245 e. The highest BCUT2D eigenvalue weighted by Crippen LogP contribution is 2.22. The van der Waals surface area contributed by atoms with E-state index in [0.29, 0.717) is 31.9 Å². The van der Waals surface area contributed by atoms with Gasteiger partial charge in [0, 0.05) is 26.3 Å². The van der Waals surface area contributed by atoms with E-state index in [9.17, 15) is 4.79 Å². The molecule has 1 aromatic heterocycles. The first-order valence-electron chi connectivity index (χ1n) is 8.06. The lowest BCUT2D eigenvalue weighted by atomic mass is 9.90. The first kappa shape index (κ1) is 21.0. The van der Waals surface area contributed by atoms with Crippen molar-refractivity contribution in [1.82, 2.24) is 4.98 Å². The third-order valence-corrected chi connectivity index (χ3v) is 4.55. The van der Waals surface area contributed by atoms with Gasteiger partial charge < -0.3 is 20.7 Å². The Hall–Kier alpha value is -1.08. The standard InChI is InChI=1S/C16H24N4O2.2ClH/c17-16(6-10-22-11-7-16)15(21)19-14-5-4-13(12-18-14)20-8-2-1-3-9-20;;/h4-5,12H,1-3,6-11,17H2,(H,18,19,21);2*1H. The van der Waals surface area contributed by atoms with Crippen molar-refractivity contribution >= 4 is 42.2 Å². The number of pyridine rings is 1. The van der Waals surface area contributed by atoms with E-state index in [0.717, 1.165) is 18.8 Å². The molecule has 136 valence electrons. The Balaban J connectivity index is 0.00000144. The molecule has 3 heterocycles. The molecule has 0 aromatic carbocycles. The highest BCUT2D eigenvalue weighted by Gasteiger charge is 2.36. The molecule has 1 amide bonds. The van der Waals surface area contributed by atoms with Crippen LogP contribution in [0.25, 0.3) is 0 Å². The SMILES string of the molecule is Cl.Cl.NC1(C(=O)Nc2ccc(N3CCCCC3)cn2)CCOCC1. The topological polar surface area (TPSA) is 80.5 Å². The molecular formula is C16H26Cl2N4O2. The number of hydrogen-bond donors (Lipinski definition) is 2. The predicted molar refractivity (Wildman–Crippen MR) is 100 cm³/mol. The molecule has 2 aliphatic rings. The molecule has 3 rings (SSSR count). The third-order valence-electron chi connectivity index (χ3n) is 4.55. The average molecular weight is 377 g/mol. The molecule has 0 saturated carbocycles. The van der Waals surface area contributed by atoms with Crippen molar-refractivity contribution in [3.8, 4) is 0 Å². The third kappa shape index (κ3) is 4.96. The van der Waals surface area contributed by atoms with Crippen LogP contribution >= 0.6 is 24.8 Å². The molecule has 2 aliphatic heterocycles. The number of carbonyl (C=O) groups excluding carboxylic acids is 1. The highest BCUT2D eigenvalue weighted by molar-refractivity contribution is 5.97. The van der Waals surface area contributed by atoms with E-state index in [1.807, 2.05) is 18.3 Å². The number of halogens is 2. The van der Waals surface area contributed by atoms with Crippen LogP contribution in [0, 0.1) is 0 Å². The maximum Gasteiger partial charge on any atom is 0.245 e. The number of nitrogens with two attached hydrogens (primary N) is 1. The Morgan fingerprint density at radius 2 is 1.83 bits per heavy atom. The fourth-order valence-electron chi connectivity index (χ4n) is 3.00. The minimum atomic E-state index is -0.842. The summed E-state index contributed by atoms with van der Waals surface area (Å²) in [5.41, 5.74) is 6.44. The number of aromatic nitrogens is 1. The summed E-state index contributed by atoms with van der Waals surface area (Å²) in [6, 6.07) is 3.87. The summed E-state index contributed by atoms with van der Waals surface area (Å²) >= 11 is 0. The van der Waals surface area contributed by atoms with Crippen molar-refractivity contribution in [1.29, 1.82) is 0 Å². The summed E-state index contributed by atoms with van der Waals surface area (Å²) in [4.78, 5) is 19.0. The van der Waals surface area contributed by atoms with Gasteiger partial charge in [-0.25, -0.2) is 4.98 Å². The maximum absolute atomic E-state index is 12.3. The zero-order valence-electron chi connectivity index (χ0n) is 13.7. The van der Waals surface area contributed by atoms with Crippen LogP contribution in [0.1, 0.15) is 32.1 Å². The number of carbonyl (C=O) groups is 1. The average Bonchev–Trinajstić information content (AvgIpc) is 2.57. The van der Waals surface area contributed by atoms with Crippen LogP contribution in [0.3, 0.4) is 0 Å². The Kier molecular flexibility index (Phi) is 8.22. The largest absolute Gasteiger partial charge is 0.381 e. The number of ether oxygens (including phenoxy) is 1. The van der Waals surface area contributed by atoms with Crippen LogP contribution in [0.2, 0.25) is 0 Å². The van der Waals surface area contributed by atoms with Gasteiger partial charge in [-0.1, -0.05) is 0 Å². The number of piperidine rings is 1. The minimum absolute atomic E-state index is 0. The molecule has 2 saturated heterocycles. The van der Waals surface area contributed by atoms with Gasteiger partial charge in [-0.2, -0.15) is 0 Å². The van der Waals surface area contributed by atoms with Gasteiger partial charge in [0.05, 0.1) is 11.9 Å². The minimum Gasteiger partial charge on any atom is -0.381 e. The number of amides is 1. The van der Waals surface area contributed by atoms with Crippen molar-refractivity contribution < 1.29 is 9.53 Å². The molecule has 0 unspecified atom stereocenters. The maximum atomic E-state index is 12.3. The Morgan fingerprint density at radius 1 is 1.17 bits per heavy atom. The fraction of sp³-hybridized carbons (Fsp3) is 0.625. The second-order valence-electron chi connectivity index (χ2n) is 6.17. The number of nitrogens with zero attached hydrogens (tertiary/aromatic N) is 2. The summed E-state index contributed by atoms with van der Waals surface area (Å²) in [6.45, 7) is 3.23. The summed E-state index contributed by atoms with van der Waals surface area (Å²) in [5.74, 6) is 0.385. The van der Waals surface area contributed by atoms with E-state index < -0.39 is 5.54 Å². The lowest BCUT2D eigenvalue weighted by Gasteiger charge is -2.31. The van der Waals surface area contributed by atoms with Gasteiger partial charge in [0.1, 0.15) is 11.4 Å². The van der Waals surface area contributed by atoms with Gasteiger partial charge in [0.15, 0.2) is 0 Å². The van der Waals surface area contributed by atoms with E-state index in [2.05, 4.69) is 15.2 Å². The molecule has 24 heavy (non-hydrogen) atoms. The zero-order chi connectivity index (χ0) is 15.4. The molecule has 3 N–H and O–H groups in total. The normalized spacial score (nSPS) is 19.6. The molecule has 0 radical (unpaired) electrons. The van der Waals surface area contributed by atoms with E-state index in [1.54, 1.807) is 0 Å². The summed E-state index contributed by atoms with van der Waals surface area (Å²) in [6.07, 6.45) is 6.69. The predicted octanol–water partition coefficient (Wildman–Crippen LogP) is 2.36. The van der Waals surface area contributed by atoms with Crippen molar-refractivity contribution in [3.63, 3.8) is 0 Å². The van der Waals surface area contributed by atoms with Crippen LogP contribution in [-0.2, 0) is 9.53 Å². The van der Waals surface area contributed by atoms with Crippen LogP contribution in [0.4, 0.5) is 11.5 Å². The number of nitrogens with one attached hydrogen (secondary N) is 1. The van der Waals surface area contributed by atoms with Crippen molar-refractivity contribution in [2.75, 3.05) is 36.5 Å². The lowest BCUT2D eigenvalue weighted by Crippen LogP contribution is -2.54. The second kappa shape index (κ2) is 9.42. The fourth-order valence-corrected chi connectivity index (χ4v) is 3.00. The summed E-state index contributed by atoms with van der Waals surface area (Å²) in [7, 11) is 0. The van der Waals surface area contributed by atoms with E-state index in [-0.39, 0.29) is 30.7 Å². The first-order chi connectivity index (χ1) is 10.7. The Labute approximate surface area is 155 Å². The second-order valence-corrected chi connectivity index (χ2v) is 6.17. The molecule has 1 aromatic rings. The van der Waals surface area contributed by atoms with Crippen LogP contribution < -0.4 is 16.0 Å². The summed E-state index contributed by atoms with van der Waals surface area (Å²) in [5, 5.41) is 2.83. The van der Waals surface area contributed by atoms with Crippen LogP contribution in [0.5, 0.6) is 0 Å². The van der Waals surface area contributed by atoms with Gasteiger partial charge in [-0.05, 0) is 44.2 Å². The molecule has 0 atom stereocenters. The molecule has 2 fully saturated rings. The Bertz CT molecular complexity index is 515. The van der Waals surface area contributed by atoms with Gasteiger partial charge in [0.25, 0.3) is 0 Å². The van der Waals surface area contributed by atoms with Gasteiger partial charge in [-0.3, -0.25) is 4.79 Å². The highest BCUT2D eigenvalue weighted by atomic mass is 35.5. The summed E-state index contributed by atoms with van der Waals surface area (Å²) < 4.78 is 5.27. The monoisotopic (exact) mass is 376 g/mol. The molecule has 0 bridgehead atoms. The first-order valence-corrected chi connectivity index (χ1v) is 8.06. The van der Waals surface area contributed by atoms with E-state index >= 15 is 0 Å². The molecule has 0 spiro atoms. The zero-order valence-corrected chi connectivity index (χ0v) is 15.3. The molecule has 8 heteroatoms.